The average molecular weight is 407 g/mol. The van der Waals surface area contributed by atoms with Crippen molar-refractivity contribution in [2.45, 2.75) is 48.8 Å². The highest BCUT2D eigenvalue weighted by molar-refractivity contribution is 7.99. The maximum atomic E-state index is 6.38. The summed E-state index contributed by atoms with van der Waals surface area (Å²) in [5.74, 6) is 0.659. The van der Waals surface area contributed by atoms with Crippen LogP contribution in [0.25, 0.3) is 0 Å². The molecule has 2 aliphatic heterocycles. The summed E-state index contributed by atoms with van der Waals surface area (Å²) in [6, 6.07) is 2.03. The minimum absolute atomic E-state index is 0.0924. The van der Waals surface area contributed by atoms with E-state index in [1.54, 1.807) is 12.4 Å². The van der Waals surface area contributed by atoms with Crippen molar-refractivity contribution in [2.24, 2.45) is 11.1 Å². The molecule has 0 radical (unpaired) electrons. The molecule has 0 aromatic carbocycles. The summed E-state index contributed by atoms with van der Waals surface area (Å²) in [5, 5.41) is 9.95. The monoisotopic (exact) mass is 406 g/mol. The highest BCUT2D eigenvalue weighted by atomic mass is 35.5. The number of halogens is 1. The van der Waals surface area contributed by atoms with Gasteiger partial charge in [0.15, 0.2) is 0 Å². The molecule has 27 heavy (non-hydrogen) atoms. The second-order valence-electron chi connectivity index (χ2n) is 7.35. The molecule has 2 fully saturated rings. The van der Waals surface area contributed by atoms with Crippen LogP contribution in [-0.4, -0.2) is 52.0 Å². The number of hydrogen-bond acceptors (Lipinski definition) is 8. The SMILES string of the molecule is Cc1cc(Sc2cnc(N3CCC4(CC3)CO[C@@H](C)[C@H]4N)nn2)c(Cl)cn1. The van der Waals surface area contributed by atoms with Crippen LogP contribution < -0.4 is 10.6 Å². The number of hydrogen-bond donors (Lipinski definition) is 1. The molecule has 2 aromatic heterocycles. The molecule has 4 rings (SSSR count). The fourth-order valence-electron chi connectivity index (χ4n) is 3.78. The molecule has 1 spiro atoms. The van der Waals surface area contributed by atoms with Gasteiger partial charge in [0.25, 0.3) is 0 Å². The van der Waals surface area contributed by atoms with Gasteiger partial charge >= 0.3 is 0 Å². The first kappa shape index (κ1) is 18.9. The molecule has 0 bridgehead atoms. The van der Waals surface area contributed by atoms with Gasteiger partial charge in [-0.25, -0.2) is 4.98 Å². The lowest BCUT2D eigenvalue weighted by Crippen LogP contribution is -2.51. The van der Waals surface area contributed by atoms with Gasteiger partial charge in [-0.3, -0.25) is 4.98 Å². The van der Waals surface area contributed by atoms with Crippen LogP contribution in [0.4, 0.5) is 5.95 Å². The molecular formula is C18H23ClN6OS. The molecule has 0 amide bonds. The molecule has 2 saturated heterocycles. The smallest absolute Gasteiger partial charge is 0.245 e. The number of aryl methyl sites for hydroxylation is 1. The summed E-state index contributed by atoms with van der Waals surface area (Å²) in [6.45, 7) is 6.48. The molecule has 2 N–H and O–H groups in total. The molecule has 2 atom stereocenters. The van der Waals surface area contributed by atoms with Gasteiger partial charge in [-0.15, -0.1) is 10.2 Å². The summed E-state index contributed by atoms with van der Waals surface area (Å²) in [4.78, 5) is 11.8. The molecule has 0 unspecified atom stereocenters. The number of ether oxygens (including phenoxy) is 1. The maximum absolute atomic E-state index is 6.38. The van der Waals surface area contributed by atoms with E-state index in [-0.39, 0.29) is 17.6 Å². The first-order chi connectivity index (χ1) is 13.0. The second kappa shape index (κ2) is 7.50. The number of aromatic nitrogens is 4. The van der Waals surface area contributed by atoms with Gasteiger partial charge in [0.05, 0.1) is 23.9 Å². The molecule has 4 heterocycles. The van der Waals surface area contributed by atoms with E-state index in [9.17, 15) is 0 Å². The Kier molecular flexibility index (Phi) is 5.24. The standard InChI is InChI=1S/C18H23ClN6OS/c1-11-7-14(13(19)8-21-11)27-15-9-22-17(24-23-15)25-5-3-18(4-6-25)10-26-12(2)16(18)20/h7-9,12,16H,3-6,10,20H2,1-2H3/t12-,16+/m0/s1. The molecule has 2 aliphatic rings. The quantitative estimate of drug-likeness (QED) is 0.832. The highest BCUT2D eigenvalue weighted by Gasteiger charge is 2.47. The summed E-state index contributed by atoms with van der Waals surface area (Å²) in [7, 11) is 0. The van der Waals surface area contributed by atoms with Crippen molar-refractivity contribution in [3.05, 3.63) is 29.2 Å². The van der Waals surface area contributed by atoms with Crippen LogP contribution in [0.1, 0.15) is 25.5 Å². The lowest BCUT2D eigenvalue weighted by atomic mass is 9.73. The van der Waals surface area contributed by atoms with E-state index in [1.807, 2.05) is 13.0 Å². The number of nitrogens with two attached hydrogens (primary N) is 1. The Hall–Kier alpha value is -1.48. The van der Waals surface area contributed by atoms with Crippen LogP contribution >= 0.6 is 23.4 Å². The van der Waals surface area contributed by atoms with Gasteiger partial charge in [-0.05, 0) is 32.8 Å². The number of nitrogens with zero attached hydrogens (tertiary/aromatic N) is 5. The summed E-state index contributed by atoms with van der Waals surface area (Å²) in [6.07, 6.45) is 5.51. The molecule has 0 aliphatic carbocycles. The van der Waals surface area contributed by atoms with Crippen LogP contribution in [-0.2, 0) is 4.74 Å². The molecule has 2 aromatic rings. The van der Waals surface area contributed by atoms with E-state index in [0.717, 1.165) is 43.1 Å². The Morgan fingerprint density at radius 1 is 1.26 bits per heavy atom. The van der Waals surface area contributed by atoms with Gasteiger partial charge < -0.3 is 15.4 Å². The predicted molar refractivity (Wildman–Crippen MR) is 105 cm³/mol. The van der Waals surface area contributed by atoms with E-state index in [1.165, 1.54) is 11.8 Å². The third-order valence-corrected chi connectivity index (χ3v) is 6.96. The van der Waals surface area contributed by atoms with Gasteiger partial charge in [0.1, 0.15) is 5.03 Å². The fraction of sp³-hybridized carbons (Fsp3) is 0.556. The van der Waals surface area contributed by atoms with Gasteiger partial charge in [-0.1, -0.05) is 23.4 Å². The van der Waals surface area contributed by atoms with Crippen LogP contribution in [0.3, 0.4) is 0 Å². The van der Waals surface area contributed by atoms with Crippen molar-refractivity contribution in [2.75, 3.05) is 24.6 Å². The van der Waals surface area contributed by atoms with Crippen molar-refractivity contribution >= 4 is 29.3 Å². The Morgan fingerprint density at radius 2 is 2.04 bits per heavy atom. The van der Waals surface area contributed by atoms with Crippen LogP contribution in [0.2, 0.25) is 5.02 Å². The molecule has 144 valence electrons. The highest BCUT2D eigenvalue weighted by Crippen LogP contribution is 2.41. The maximum Gasteiger partial charge on any atom is 0.245 e. The van der Waals surface area contributed by atoms with E-state index >= 15 is 0 Å². The van der Waals surface area contributed by atoms with Crippen LogP contribution in [0, 0.1) is 12.3 Å². The average Bonchev–Trinajstić information content (AvgIpc) is 2.95. The minimum atomic E-state index is 0.0924. The third kappa shape index (κ3) is 3.76. The molecule has 7 nitrogen and oxygen atoms in total. The lowest BCUT2D eigenvalue weighted by Gasteiger charge is -2.41. The zero-order valence-electron chi connectivity index (χ0n) is 15.4. The van der Waals surface area contributed by atoms with E-state index < -0.39 is 0 Å². The van der Waals surface area contributed by atoms with E-state index in [4.69, 9.17) is 22.1 Å². The van der Waals surface area contributed by atoms with Crippen LogP contribution in [0.15, 0.2) is 28.4 Å². The Labute approximate surface area is 168 Å². The predicted octanol–water partition coefficient (Wildman–Crippen LogP) is 2.71. The number of pyridine rings is 1. The van der Waals surface area contributed by atoms with E-state index in [0.29, 0.717) is 16.0 Å². The van der Waals surface area contributed by atoms with Gasteiger partial charge in [0, 0.05) is 41.3 Å². The molecule has 9 heteroatoms. The Bertz CT molecular complexity index is 812. The van der Waals surface area contributed by atoms with Gasteiger partial charge in [0.2, 0.25) is 5.95 Å². The van der Waals surface area contributed by atoms with Crippen LogP contribution in [0.5, 0.6) is 0 Å². The van der Waals surface area contributed by atoms with E-state index in [2.05, 4.69) is 32.0 Å². The van der Waals surface area contributed by atoms with Crippen molar-refractivity contribution < 1.29 is 4.74 Å². The molecule has 0 saturated carbocycles. The van der Waals surface area contributed by atoms with Crippen molar-refractivity contribution in [3.63, 3.8) is 0 Å². The first-order valence-electron chi connectivity index (χ1n) is 9.09. The third-order valence-electron chi connectivity index (χ3n) is 5.59. The topological polar surface area (TPSA) is 90.1 Å². The number of anilines is 1. The summed E-state index contributed by atoms with van der Waals surface area (Å²) >= 11 is 7.64. The van der Waals surface area contributed by atoms with Gasteiger partial charge in [-0.2, -0.15) is 0 Å². The summed E-state index contributed by atoms with van der Waals surface area (Å²) < 4.78 is 5.78. The minimum Gasteiger partial charge on any atom is -0.376 e. The van der Waals surface area contributed by atoms with Crippen molar-refractivity contribution in [1.82, 2.24) is 20.2 Å². The van der Waals surface area contributed by atoms with Crippen molar-refractivity contribution in [1.29, 1.82) is 0 Å². The Balaban J connectivity index is 1.41. The number of rotatable bonds is 3. The molecular weight excluding hydrogens is 384 g/mol. The van der Waals surface area contributed by atoms with Crippen molar-refractivity contribution in [3.8, 4) is 0 Å². The second-order valence-corrected chi connectivity index (χ2v) is 8.82. The first-order valence-corrected chi connectivity index (χ1v) is 10.3. The zero-order chi connectivity index (χ0) is 19.0. The lowest BCUT2D eigenvalue weighted by molar-refractivity contribution is 0.0973. The Morgan fingerprint density at radius 3 is 2.67 bits per heavy atom. The summed E-state index contributed by atoms with van der Waals surface area (Å²) in [5.41, 5.74) is 7.38. The fourth-order valence-corrected chi connectivity index (χ4v) is 4.80. The largest absolute Gasteiger partial charge is 0.376 e. The number of piperidine rings is 1. The zero-order valence-corrected chi connectivity index (χ0v) is 17.0. The normalized spacial score (nSPS) is 24.5.